The zero-order chi connectivity index (χ0) is 18.8. The van der Waals surface area contributed by atoms with E-state index in [1.54, 1.807) is 23.1 Å². The van der Waals surface area contributed by atoms with Crippen LogP contribution in [0.2, 0.25) is 0 Å². The van der Waals surface area contributed by atoms with Gasteiger partial charge in [0.25, 0.3) is 0 Å². The molecule has 1 atom stereocenters. The van der Waals surface area contributed by atoms with Gasteiger partial charge in [0, 0.05) is 18.7 Å². The SMILES string of the molecule is CC(C)(C)[C@H](N)C(=O)N1CCC(c2cc(C#N)ccc2C(N)=O)CC1.Cl. The maximum atomic E-state index is 12.5. The van der Waals surface area contributed by atoms with Gasteiger partial charge in [-0.25, -0.2) is 0 Å². The summed E-state index contributed by atoms with van der Waals surface area (Å²) in [6.45, 7) is 7.03. The summed E-state index contributed by atoms with van der Waals surface area (Å²) in [6, 6.07) is 6.52. The molecule has 1 saturated heterocycles. The topological polar surface area (TPSA) is 113 Å². The molecule has 1 heterocycles. The minimum atomic E-state index is -0.535. The molecule has 0 unspecified atom stereocenters. The molecule has 0 spiro atoms. The average Bonchev–Trinajstić information content (AvgIpc) is 2.59. The van der Waals surface area contributed by atoms with Crippen molar-refractivity contribution in [2.24, 2.45) is 16.9 Å². The zero-order valence-corrected chi connectivity index (χ0v) is 16.3. The Labute approximate surface area is 160 Å². The lowest BCUT2D eigenvalue weighted by Gasteiger charge is -2.37. The first-order chi connectivity index (χ1) is 11.6. The molecule has 1 aliphatic rings. The lowest BCUT2D eigenvalue weighted by Crippen LogP contribution is -2.52. The number of hydrogen-bond acceptors (Lipinski definition) is 4. The van der Waals surface area contributed by atoms with E-state index in [1.807, 2.05) is 20.8 Å². The Kier molecular flexibility index (Phi) is 7.19. The second kappa shape index (κ2) is 8.52. The van der Waals surface area contributed by atoms with Crippen molar-refractivity contribution in [3.8, 4) is 6.07 Å². The number of nitriles is 1. The van der Waals surface area contributed by atoms with E-state index < -0.39 is 11.9 Å². The van der Waals surface area contributed by atoms with Crippen LogP contribution in [-0.2, 0) is 4.79 Å². The van der Waals surface area contributed by atoms with Crippen LogP contribution in [0.25, 0.3) is 0 Å². The molecule has 1 aromatic rings. The summed E-state index contributed by atoms with van der Waals surface area (Å²) in [5, 5.41) is 9.11. The standard InChI is InChI=1S/C19H26N4O2.ClH/c1-19(2,3)16(21)18(25)23-8-6-13(7-9-23)15-10-12(11-20)4-5-14(15)17(22)24;/h4-5,10,13,16H,6-9,21H2,1-3H3,(H2,22,24);1H/t16-;/m1./s1. The van der Waals surface area contributed by atoms with Crippen molar-refractivity contribution < 1.29 is 9.59 Å². The van der Waals surface area contributed by atoms with Crippen LogP contribution >= 0.6 is 12.4 Å². The van der Waals surface area contributed by atoms with Crippen molar-refractivity contribution in [2.75, 3.05) is 13.1 Å². The van der Waals surface area contributed by atoms with Crippen molar-refractivity contribution in [2.45, 2.75) is 45.6 Å². The first-order valence-corrected chi connectivity index (χ1v) is 8.53. The number of benzene rings is 1. The Morgan fingerprint density at radius 2 is 1.85 bits per heavy atom. The summed E-state index contributed by atoms with van der Waals surface area (Å²) in [6.07, 6.45) is 1.44. The molecule has 6 nitrogen and oxygen atoms in total. The number of halogens is 1. The largest absolute Gasteiger partial charge is 0.366 e. The highest BCUT2D eigenvalue weighted by atomic mass is 35.5. The molecule has 1 fully saturated rings. The van der Waals surface area contributed by atoms with Crippen LogP contribution in [0.15, 0.2) is 18.2 Å². The molecular weight excluding hydrogens is 352 g/mol. The summed E-state index contributed by atoms with van der Waals surface area (Å²) >= 11 is 0. The smallest absolute Gasteiger partial charge is 0.248 e. The minimum Gasteiger partial charge on any atom is -0.366 e. The fourth-order valence-electron chi connectivity index (χ4n) is 3.17. The van der Waals surface area contributed by atoms with E-state index >= 15 is 0 Å². The normalized spacial score (nSPS) is 16.3. The van der Waals surface area contributed by atoms with E-state index in [0.717, 1.165) is 18.4 Å². The highest BCUT2D eigenvalue weighted by Crippen LogP contribution is 2.32. The van der Waals surface area contributed by atoms with Crippen LogP contribution in [0.1, 0.15) is 61.0 Å². The van der Waals surface area contributed by atoms with Gasteiger partial charge >= 0.3 is 0 Å². The quantitative estimate of drug-likeness (QED) is 0.838. The molecule has 2 rings (SSSR count). The van der Waals surface area contributed by atoms with E-state index in [4.69, 9.17) is 16.7 Å². The number of carbonyl (C=O) groups is 2. The summed E-state index contributed by atoms with van der Waals surface area (Å²) in [5.74, 6) is -0.426. The van der Waals surface area contributed by atoms with E-state index in [1.165, 1.54) is 0 Å². The zero-order valence-electron chi connectivity index (χ0n) is 15.5. The highest BCUT2D eigenvalue weighted by Gasteiger charge is 2.33. The lowest BCUT2D eigenvalue weighted by molar-refractivity contribution is -0.136. The van der Waals surface area contributed by atoms with Gasteiger partial charge in [-0.3, -0.25) is 9.59 Å². The molecule has 4 N–H and O–H groups in total. The van der Waals surface area contributed by atoms with Crippen molar-refractivity contribution >= 4 is 24.2 Å². The molecular formula is C19H27ClN4O2. The number of piperidine rings is 1. The molecule has 0 radical (unpaired) electrons. The second-order valence-electron chi connectivity index (χ2n) is 7.72. The fraction of sp³-hybridized carbons (Fsp3) is 0.526. The van der Waals surface area contributed by atoms with Crippen LogP contribution in [0.4, 0.5) is 0 Å². The molecule has 0 bridgehead atoms. The van der Waals surface area contributed by atoms with Gasteiger partial charge in [-0.2, -0.15) is 5.26 Å². The third kappa shape index (κ3) is 4.75. The van der Waals surface area contributed by atoms with Crippen molar-refractivity contribution in [3.63, 3.8) is 0 Å². The van der Waals surface area contributed by atoms with Crippen molar-refractivity contribution in [1.29, 1.82) is 5.26 Å². The summed E-state index contributed by atoms with van der Waals surface area (Å²) in [7, 11) is 0. The molecule has 1 aromatic carbocycles. The molecule has 2 amide bonds. The molecule has 26 heavy (non-hydrogen) atoms. The Bertz CT molecular complexity index is 713. The predicted octanol–water partition coefficient (Wildman–Crippen LogP) is 2.16. The van der Waals surface area contributed by atoms with Crippen LogP contribution in [0, 0.1) is 16.7 Å². The molecule has 0 aromatic heterocycles. The number of likely N-dealkylation sites (tertiary alicyclic amines) is 1. The lowest BCUT2D eigenvalue weighted by atomic mass is 9.83. The van der Waals surface area contributed by atoms with Gasteiger partial charge in [-0.1, -0.05) is 20.8 Å². The monoisotopic (exact) mass is 378 g/mol. The molecule has 0 aliphatic carbocycles. The highest BCUT2D eigenvalue weighted by molar-refractivity contribution is 5.94. The predicted molar refractivity (Wildman–Crippen MR) is 103 cm³/mol. The summed E-state index contributed by atoms with van der Waals surface area (Å²) in [4.78, 5) is 26.0. The average molecular weight is 379 g/mol. The molecule has 1 aliphatic heterocycles. The van der Waals surface area contributed by atoms with Gasteiger partial charge in [0.15, 0.2) is 0 Å². The number of rotatable bonds is 3. The summed E-state index contributed by atoms with van der Waals surface area (Å²) in [5.41, 5.74) is 13.0. The van der Waals surface area contributed by atoms with Gasteiger partial charge in [-0.15, -0.1) is 12.4 Å². The van der Waals surface area contributed by atoms with E-state index in [9.17, 15) is 9.59 Å². The first kappa shape index (κ1) is 21.9. The number of carbonyl (C=O) groups excluding carboxylic acids is 2. The number of hydrogen-bond donors (Lipinski definition) is 2. The third-order valence-corrected chi connectivity index (χ3v) is 4.89. The molecule has 142 valence electrons. The molecule has 0 saturated carbocycles. The number of amides is 2. The van der Waals surface area contributed by atoms with Crippen molar-refractivity contribution in [1.82, 2.24) is 4.90 Å². The Balaban J connectivity index is 0.00000338. The Hall–Kier alpha value is -2.10. The maximum Gasteiger partial charge on any atom is 0.248 e. The van der Waals surface area contributed by atoms with Crippen LogP contribution in [0.5, 0.6) is 0 Å². The van der Waals surface area contributed by atoms with E-state index in [-0.39, 0.29) is 29.6 Å². The van der Waals surface area contributed by atoms with Gasteiger partial charge < -0.3 is 16.4 Å². The summed E-state index contributed by atoms with van der Waals surface area (Å²) < 4.78 is 0. The minimum absolute atomic E-state index is 0. The Morgan fingerprint density at radius 1 is 1.27 bits per heavy atom. The van der Waals surface area contributed by atoms with Gasteiger partial charge in [0.1, 0.15) is 0 Å². The Morgan fingerprint density at radius 3 is 2.31 bits per heavy atom. The van der Waals surface area contributed by atoms with Crippen LogP contribution in [-0.4, -0.2) is 35.8 Å². The second-order valence-corrected chi connectivity index (χ2v) is 7.72. The van der Waals surface area contributed by atoms with Crippen molar-refractivity contribution in [3.05, 3.63) is 34.9 Å². The van der Waals surface area contributed by atoms with Gasteiger partial charge in [0.2, 0.25) is 11.8 Å². The van der Waals surface area contributed by atoms with Crippen LogP contribution in [0.3, 0.4) is 0 Å². The van der Waals surface area contributed by atoms with Crippen LogP contribution < -0.4 is 11.5 Å². The van der Waals surface area contributed by atoms with Gasteiger partial charge in [-0.05, 0) is 47.9 Å². The van der Waals surface area contributed by atoms with Gasteiger partial charge in [0.05, 0.1) is 17.7 Å². The fourth-order valence-corrected chi connectivity index (χ4v) is 3.17. The number of primary amides is 1. The number of nitrogens with two attached hydrogens (primary N) is 2. The molecule has 7 heteroatoms. The number of nitrogens with zero attached hydrogens (tertiary/aromatic N) is 2. The van der Waals surface area contributed by atoms with E-state index in [0.29, 0.717) is 24.2 Å². The third-order valence-electron chi connectivity index (χ3n) is 4.89. The first-order valence-electron chi connectivity index (χ1n) is 8.53. The maximum absolute atomic E-state index is 12.5. The van der Waals surface area contributed by atoms with E-state index in [2.05, 4.69) is 6.07 Å².